The van der Waals surface area contributed by atoms with Gasteiger partial charge < -0.3 is 15.0 Å². The molecule has 2 aliphatic heterocycles. The second-order valence-electron chi connectivity index (χ2n) is 7.91. The Labute approximate surface area is 165 Å². The molecular weight excluding hydrogens is 362 g/mol. The van der Waals surface area contributed by atoms with Crippen molar-refractivity contribution in [2.75, 3.05) is 30.3 Å². The van der Waals surface area contributed by atoms with Crippen molar-refractivity contribution in [3.63, 3.8) is 0 Å². The van der Waals surface area contributed by atoms with Crippen LogP contribution in [0.4, 0.5) is 5.95 Å². The average molecular weight is 394 g/mol. The molecule has 1 N–H and O–H groups in total. The summed E-state index contributed by atoms with van der Waals surface area (Å²) >= 11 is 1.50. The molecule has 1 amide bonds. The maximum atomic E-state index is 12.3. The molecule has 8 heteroatoms. The maximum Gasteiger partial charge on any atom is 0.230 e. The smallest absolute Gasteiger partial charge is 0.230 e. The Balaban J connectivity index is 1.41. The fourth-order valence-corrected chi connectivity index (χ4v) is 5.09. The number of piperidine rings is 1. The molecule has 3 heterocycles. The topological polar surface area (TPSA) is 72.3 Å². The van der Waals surface area contributed by atoms with Gasteiger partial charge in [0.25, 0.3) is 0 Å². The van der Waals surface area contributed by atoms with Crippen LogP contribution in [0.2, 0.25) is 0 Å². The van der Waals surface area contributed by atoms with E-state index in [0.717, 1.165) is 63.0 Å². The number of thioether (sulfide) groups is 1. The van der Waals surface area contributed by atoms with E-state index in [1.165, 1.54) is 43.9 Å². The Bertz CT molecular complexity index is 620. The van der Waals surface area contributed by atoms with E-state index in [4.69, 9.17) is 4.74 Å². The van der Waals surface area contributed by atoms with Gasteiger partial charge in [-0.1, -0.05) is 24.6 Å². The van der Waals surface area contributed by atoms with E-state index in [9.17, 15) is 4.79 Å². The number of carbonyl (C=O) groups excluding carboxylic acids is 1. The Morgan fingerprint density at radius 3 is 2.63 bits per heavy atom. The van der Waals surface area contributed by atoms with Crippen LogP contribution in [0.25, 0.3) is 0 Å². The van der Waals surface area contributed by atoms with E-state index in [0.29, 0.717) is 11.8 Å². The molecule has 1 aromatic heterocycles. The average Bonchev–Trinajstić information content (AvgIpc) is 3.44. The standard InChI is InChI=1S/C19H31N5O2S/c25-17(20-15-7-2-3-8-15)14-27-19-22-21-18(23-10-4-1-5-11-23)24(19)13-16-9-6-12-26-16/h15-16H,1-14H2,(H,20,25)/t16-/m1/s1. The highest BCUT2D eigenvalue weighted by atomic mass is 32.2. The monoisotopic (exact) mass is 393 g/mol. The van der Waals surface area contributed by atoms with Crippen LogP contribution < -0.4 is 10.2 Å². The minimum absolute atomic E-state index is 0.109. The fraction of sp³-hybridized carbons (Fsp3) is 0.842. The molecular formula is C19H31N5O2S. The van der Waals surface area contributed by atoms with Crippen LogP contribution in [0.5, 0.6) is 0 Å². The third kappa shape index (κ3) is 4.96. The van der Waals surface area contributed by atoms with Crippen LogP contribution in [0.15, 0.2) is 5.16 Å². The Morgan fingerprint density at radius 1 is 1.07 bits per heavy atom. The van der Waals surface area contributed by atoms with Crippen LogP contribution in [0.1, 0.15) is 57.8 Å². The second-order valence-corrected chi connectivity index (χ2v) is 8.86. The second kappa shape index (κ2) is 9.28. The molecule has 0 spiro atoms. The summed E-state index contributed by atoms with van der Waals surface area (Å²) < 4.78 is 8.04. The lowest BCUT2D eigenvalue weighted by Gasteiger charge is -2.28. The fourth-order valence-electron chi connectivity index (χ4n) is 4.34. The van der Waals surface area contributed by atoms with E-state index in [-0.39, 0.29) is 12.0 Å². The molecule has 7 nitrogen and oxygen atoms in total. The van der Waals surface area contributed by atoms with Gasteiger partial charge in [-0.2, -0.15) is 0 Å². The zero-order chi connectivity index (χ0) is 18.5. The number of carbonyl (C=O) groups is 1. The third-order valence-electron chi connectivity index (χ3n) is 5.80. The number of amides is 1. The molecule has 0 bridgehead atoms. The van der Waals surface area contributed by atoms with Gasteiger partial charge in [0.2, 0.25) is 11.9 Å². The van der Waals surface area contributed by atoms with Crippen molar-refractivity contribution in [3.05, 3.63) is 0 Å². The number of hydrogen-bond donors (Lipinski definition) is 1. The number of anilines is 1. The molecule has 1 aromatic rings. The van der Waals surface area contributed by atoms with Crippen LogP contribution >= 0.6 is 11.8 Å². The van der Waals surface area contributed by atoms with Crippen LogP contribution in [-0.2, 0) is 16.1 Å². The third-order valence-corrected chi connectivity index (χ3v) is 6.77. The van der Waals surface area contributed by atoms with Crippen LogP contribution in [0, 0.1) is 0 Å². The van der Waals surface area contributed by atoms with Crippen molar-refractivity contribution in [3.8, 4) is 0 Å². The van der Waals surface area contributed by atoms with E-state index in [2.05, 4.69) is 25.0 Å². The number of hydrogen-bond acceptors (Lipinski definition) is 6. The minimum Gasteiger partial charge on any atom is -0.376 e. The summed E-state index contributed by atoms with van der Waals surface area (Å²) in [4.78, 5) is 14.7. The summed E-state index contributed by atoms with van der Waals surface area (Å²) in [5, 5.41) is 12.9. The summed E-state index contributed by atoms with van der Waals surface area (Å²) in [5.74, 6) is 1.46. The van der Waals surface area contributed by atoms with Crippen LogP contribution in [-0.4, -0.2) is 58.3 Å². The van der Waals surface area contributed by atoms with Crippen LogP contribution in [0.3, 0.4) is 0 Å². The molecule has 1 atom stereocenters. The van der Waals surface area contributed by atoms with Crippen molar-refractivity contribution >= 4 is 23.6 Å². The first-order valence-electron chi connectivity index (χ1n) is 10.5. The predicted octanol–water partition coefficient (Wildman–Crippen LogP) is 2.60. The zero-order valence-corrected chi connectivity index (χ0v) is 16.9. The Hall–Kier alpha value is -1.28. The molecule has 4 rings (SSSR count). The maximum absolute atomic E-state index is 12.3. The first kappa shape index (κ1) is 19.1. The van der Waals surface area contributed by atoms with Gasteiger partial charge in [0.05, 0.1) is 18.4 Å². The number of nitrogens with one attached hydrogen (secondary N) is 1. The van der Waals surface area contributed by atoms with Crippen molar-refractivity contribution in [2.24, 2.45) is 0 Å². The zero-order valence-electron chi connectivity index (χ0n) is 16.1. The minimum atomic E-state index is 0.109. The van der Waals surface area contributed by atoms with Gasteiger partial charge in [-0.25, -0.2) is 0 Å². The van der Waals surface area contributed by atoms with Crippen molar-refractivity contribution < 1.29 is 9.53 Å². The lowest BCUT2D eigenvalue weighted by atomic mass is 10.1. The molecule has 1 saturated carbocycles. The summed E-state index contributed by atoms with van der Waals surface area (Å²) in [7, 11) is 0. The summed E-state index contributed by atoms with van der Waals surface area (Å²) in [6, 6.07) is 0.367. The molecule has 0 radical (unpaired) electrons. The van der Waals surface area contributed by atoms with Crippen molar-refractivity contribution in [2.45, 2.75) is 81.6 Å². The highest BCUT2D eigenvalue weighted by Gasteiger charge is 2.25. The highest BCUT2D eigenvalue weighted by molar-refractivity contribution is 7.99. The number of aromatic nitrogens is 3. The number of ether oxygens (including phenoxy) is 1. The molecule has 3 aliphatic rings. The number of rotatable bonds is 7. The lowest BCUT2D eigenvalue weighted by Crippen LogP contribution is -2.34. The number of nitrogens with zero attached hydrogens (tertiary/aromatic N) is 4. The molecule has 2 saturated heterocycles. The van der Waals surface area contributed by atoms with E-state index < -0.39 is 0 Å². The largest absolute Gasteiger partial charge is 0.376 e. The highest BCUT2D eigenvalue weighted by Crippen LogP contribution is 2.27. The summed E-state index contributed by atoms with van der Waals surface area (Å²) in [6.07, 6.45) is 10.8. The van der Waals surface area contributed by atoms with Gasteiger partial charge in [-0.3, -0.25) is 9.36 Å². The molecule has 150 valence electrons. The molecule has 3 fully saturated rings. The van der Waals surface area contributed by atoms with Gasteiger partial charge in [-0.05, 0) is 44.9 Å². The predicted molar refractivity (Wildman–Crippen MR) is 106 cm³/mol. The summed E-state index contributed by atoms with van der Waals surface area (Å²) in [5.41, 5.74) is 0. The molecule has 0 aromatic carbocycles. The first-order valence-corrected chi connectivity index (χ1v) is 11.5. The lowest BCUT2D eigenvalue weighted by molar-refractivity contribution is -0.119. The van der Waals surface area contributed by atoms with Crippen molar-refractivity contribution in [1.82, 2.24) is 20.1 Å². The van der Waals surface area contributed by atoms with Gasteiger partial charge in [0, 0.05) is 25.7 Å². The van der Waals surface area contributed by atoms with Gasteiger partial charge in [0.1, 0.15) is 0 Å². The first-order chi connectivity index (χ1) is 13.3. The van der Waals surface area contributed by atoms with E-state index in [1.807, 2.05) is 0 Å². The molecule has 1 aliphatic carbocycles. The quantitative estimate of drug-likeness (QED) is 0.718. The van der Waals surface area contributed by atoms with E-state index >= 15 is 0 Å². The van der Waals surface area contributed by atoms with Gasteiger partial charge >= 0.3 is 0 Å². The Kier molecular flexibility index (Phi) is 6.55. The van der Waals surface area contributed by atoms with Gasteiger partial charge in [-0.15, -0.1) is 10.2 Å². The summed E-state index contributed by atoms with van der Waals surface area (Å²) in [6.45, 7) is 3.70. The normalized spacial score (nSPS) is 23.9. The van der Waals surface area contributed by atoms with E-state index in [1.54, 1.807) is 0 Å². The molecule has 27 heavy (non-hydrogen) atoms. The molecule has 0 unspecified atom stereocenters. The Morgan fingerprint density at radius 2 is 1.89 bits per heavy atom. The van der Waals surface area contributed by atoms with Crippen molar-refractivity contribution in [1.29, 1.82) is 0 Å². The van der Waals surface area contributed by atoms with Gasteiger partial charge in [0.15, 0.2) is 5.16 Å². The SMILES string of the molecule is O=C(CSc1nnc(N2CCCCC2)n1C[C@H]1CCCO1)NC1CCCC1.